The van der Waals surface area contributed by atoms with Crippen LogP contribution in [0.2, 0.25) is 0 Å². The molecule has 0 saturated heterocycles. The first-order valence-corrected chi connectivity index (χ1v) is 23.8. The highest BCUT2D eigenvalue weighted by Crippen LogP contribution is 2.31. The number of nitrogens with zero attached hydrogens (tertiary/aromatic N) is 6. The molecular formula is C56H64N8O7. The van der Waals surface area contributed by atoms with Crippen LogP contribution in [-0.4, -0.2) is 68.8 Å². The van der Waals surface area contributed by atoms with E-state index in [9.17, 15) is 9.59 Å². The molecule has 0 radical (unpaired) electrons. The molecule has 0 unspecified atom stereocenters. The van der Waals surface area contributed by atoms with Gasteiger partial charge in [0.2, 0.25) is 0 Å². The Bertz CT molecular complexity index is 3170. The minimum atomic E-state index is -0.126. The third-order valence-corrected chi connectivity index (χ3v) is 11.7. The zero-order valence-corrected chi connectivity index (χ0v) is 42.1. The normalized spacial score (nSPS) is 10.9. The number of benzene rings is 4. The van der Waals surface area contributed by atoms with Crippen LogP contribution >= 0.6 is 0 Å². The van der Waals surface area contributed by atoms with Crippen molar-refractivity contribution >= 4 is 11.4 Å². The van der Waals surface area contributed by atoms with E-state index < -0.39 is 0 Å². The third kappa shape index (κ3) is 13.0. The summed E-state index contributed by atoms with van der Waals surface area (Å²) in [6, 6.07) is 28.7. The summed E-state index contributed by atoms with van der Waals surface area (Å²) in [5, 5.41) is 15.6. The molecule has 0 aliphatic heterocycles. The fourth-order valence-electron chi connectivity index (χ4n) is 8.08. The summed E-state index contributed by atoms with van der Waals surface area (Å²) >= 11 is 0. The Kier molecular flexibility index (Phi) is 17.2. The molecule has 15 nitrogen and oxygen atoms in total. The topological polar surface area (TPSA) is 150 Å². The van der Waals surface area contributed by atoms with Gasteiger partial charge in [0.25, 0.3) is 11.1 Å². The van der Waals surface area contributed by atoms with Gasteiger partial charge >= 0.3 is 0 Å². The van der Waals surface area contributed by atoms with Crippen LogP contribution in [0.4, 0.5) is 11.4 Å². The molecule has 0 aliphatic rings. The molecule has 15 heteroatoms. The first-order chi connectivity index (χ1) is 34.4. The molecule has 0 bridgehead atoms. The van der Waals surface area contributed by atoms with Crippen LogP contribution in [-0.2, 0) is 31.9 Å². The third-order valence-electron chi connectivity index (χ3n) is 11.7. The quantitative estimate of drug-likeness (QED) is 0.0703. The summed E-state index contributed by atoms with van der Waals surface area (Å²) < 4.78 is 34.3. The summed E-state index contributed by atoms with van der Waals surface area (Å²) in [5.74, 6) is 3.23. The van der Waals surface area contributed by atoms with Gasteiger partial charge in [-0.2, -0.15) is 10.2 Å². The second-order valence-corrected chi connectivity index (χ2v) is 16.9. The maximum atomic E-state index is 13.2. The lowest BCUT2D eigenvalue weighted by Crippen LogP contribution is -2.19. The van der Waals surface area contributed by atoms with Gasteiger partial charge in [-0.25, -0.2) is 0 Å². The van der Waals surface area contributed by atoms with Gasteiger partial charge in [0.1, 0.15) is 29.6 Å². The fraction of sp³-hybridized carbons (Fsp3) is 0.286. The van der Waals surface area contributed by atoms with Crippen LogP contribution in [0.3, 0.4) is 0 Å². The van der Waals surface area contributed by atoms with Gasteiger partial charge < -0.3 is 34.3 Å². The molecule has 4 heterocycles. The molecule has 4 aromatic heterocycles. The van der Waals surface area contributed by atoms with E-state index in [0.29, 0.717) is 46.1 Å². The van der Waals surface area contributed by atoms with Crippen molar-refractivity contribution in [3.63, 3.8) is 0 Å². The number of methoxy groups -OCH3 is 1. The first-order valence-electron chi connectivity index (χ1n) is 23.8. The monoisotopic (exact) mass is 960 g/mol. The molecule has 8 rings (SSSR count). The van der Waals surface area contributed by atoms with Crippen LogP contribution < -0.4 is 40.7 Å². The number of ether oxygens (including phenoxy) is 5. The van der Waals surface area contributed by atoms with Crippen molar-refractivity contribution in [2.75, 3.05) is 50.8 Å². The van der Waals surface area contributed by atoms with Crippen LogP contribution in [0.5, 0.6) is 23.0 Å². The Morgan fingerprint density at radius 3 is 1.38 bits per heavy atom. The van der Waals surface area contributed by atoms with Crippen molar-refractivity contribution < 1.29 is 23.7 Å². The summed E-state index contributed by atoms with van der Waals surface area (Å²) in [6.45, 7) is 15.9. The highest BCUT2D eigenvalue weighted by molar-refractivity contribution is 5.78. The van der Waals surface area contributed by atoms with E-state index in [2.05, 4.69) is 33.8 Å². The molecule has 71 heavy (non-hydrogen) atoms. The summed E-state index contributed by atoms with van der Waals surface area (Å²) in [6.07, 6.45) is 11.2. The second-order valence-electron chi connectivity index (χ2n) is 16.9. The largest absolute Gasteiger partial charge is 0.494 e. The van der Waals surface area contributed by atoms with Crippen molar-refractivity contribution in [2.45, 2.75) is 54.6 Å². The second kappa shape index (κ2) is 24.0. The van der Waals surface area contributed by atoms with E-state index in [-0.39, 0.29) is 11.1 Å². The molecule has 0 amide bonds. The lowest BCUT2D eigenvalue weighted by molar-refractivity contribution is 0.146. The predicted octanol–water partition coefficient (Wildman–Crippen LogP) is 9.85. The number of aromatic nitrogens is 6. The Balaban J connectivity index is 0.000000209. The van der Waals surface area contributed by atoms with Crippen LogP contribution in [0.15, 0.2) is 138 Å². The van der Waals surface area contributed by atoms with Crippen molar-refractivity contribution in [2.24, 2.45) is 14.1 Å². The maximum absolute atomic E-state index is 13.2. The Labute approximate surface area is 415 Å². The lowest BCUT2D eigenvalue weighted by Gasteiger charge is -2.17. The summed E-state index contributed by atoms with van der Waals surface area (Å²) in [4.78, 5) is 26.5. The van der Waals surface area contributed by atoms with E-state index in [0.717, 1.165) is 95.8 Å². The standard InChI is InChI=1S/C28H32N4O4.C28H32N4O3/c1-5-35-24-10-11-27(20(2)14-24)32-19-25(22-17-30-31(3)18-22)26(15-28(32)33)29-16-21-6-8-23(9-7-21)36-13-12-34-4;1-6-34-23-9-8-21(19(3)12-23)15-29-26-14-28(33)32(18-25(26)22-16-30-31(5)17-22)27-11-10-24(35-7-2)13-20(27)4/h6-11,14-15,17-19,29H,5,12-13,16H2,1-4H3;8-14,16-18,29H,6-7,15H2,1-5H3. The minimum absolute atomic E-state index is 0.115. The van der Waals surface area contributed by atoms with Crippen LogP contribution in [0, 0.1) is 20.8 Å². The highest BCUT2D eigenvalue weighted by atomic mass is 16.5. The van der Waals surface area contributed by atoms with E-state index in [1.807, 2.05) is 152 Å². The van der Waals surface area contributed by atoms with Gasteiger partial charge in [-0.05, 0) is 130 Å². The summed E-state index contributed by atoms with van der Waals surface area (Å²) in [5.41, 5.74) is 11.8. The Morgan fingerprint density at radius 1 is 0.507 bits per heavy atom. The van der Waals surface area contributed by atoms with Gasteiger partial charge in [0.05, 0.1) is 50.2 Å². The van der Waals surface area contributed by atoms with Crippen LogP contribution in [0.1, 0.15) is 48.6 Å². The zero-order chi connectivity index (χ0) is 50.4. The molecule has 4 aromatic carbocycles. The van der Waals surface area contributed by atoms with Gasteiger partial charge in [0.15, 0.2) is 0 Å². The zero-order valence-electron chi connectivity index (χ0n) is 42.1. The molecule has 0 atom stereocenters. The summed E-state index contributed by atoms with van der Waals surface area (Å²) in [7, 11) is 5.40. The average molecular weight is 961 g/mol. The van der Waals surface area contributed by atoms with Crippen molar-refractivity contribution in [1.29, 1.82) is 0 Å². The average Bonchev–Trinajstić information content (AvgIpc) is 3.99. The molecule has 2 N–H and O–H groups in total. The van der Waals surface area contributed by atoms with Crippen molar-refractivity contribution in [3.8, 4) is 56.6 Å². The highest BCUT2D eigenvalue weighted by Gasteiger charge is 2.16. The number of rotatable bonds is 20. The molecule has 0 spiro atoms. The van der Waals surface area contributed by atoms with E-state index >= 15 is 0 Å². The SMILES string of the molecule is CCOc1ccc(-n2cc(-c3cnn(C)c3)c(NCc3ccc(OCCOC)cc3)cc2=O)c(C)c1.CCOc1ccc(CNc2cc(=O)n(-c3ccc(OCC)cc3C)cc2-c2cnn(C)c2)c(C)c1. The number of aryl methyl sites for hydroxylation is 5. The maximum Gasteiger partial charge on any atom is 0.257 e. The number of nitrogens with one attached hydrogen (secondary N) is 2. The van der Waals surface area contributed by atoms with Gasteiger partial charge in [-0.1, -0.05) is 18.2 Å². The number of hydrogen-bond acceptors (Lipinski definition) is 11. The van der Waals surface area contributed by atoms with Gasteiger partial charge in [-0.15, -0.1) is 0 Å². The lowest BCUT2D eigenvalue weighted by atomic mass is 10.1. The molecule has 370 valence electrons. The molecule has 0 aliphatic carbocycles. The fourth-order valence-corrected chi connectivity index (χ4v) is 8.08. The van der Waals surface area contributed by atoms with E-state index in [1.54, 1.807) is 43.9 Å². The molecule has 8 aromatic rings. The van der Waals surface area contributed by atoms with E-state index in [1.165, 1.54) is 0 Å². The van der Waals surface area contributed by atoms with Gasteiger partial charge in [-0.3, -0.25) is 28.1 Å². The minimum Gasteiger partial charge on any atom is -0.494 e. The smallest absolute Gasteiger partial charge is 0.257 e. The number of pyridine rings is 2. The Morgan fingerprint density at radius 2 is 0.958 bits per heavy atom. The first kappa shape index (κ1) is 50.8. The predicted molar refractivity (Wildman–Crippen MR) is 281 cm³/mol. The van der Waals surface area contributed by atoms with Crippen molar-refractivity contribution in [1.82, 2.24) is 28.7 Å². The number of hydrogen-bond donors (Lipinski definition) is 2. The van der Waals surface area contributed by atoms with Crippen LogP contribution in [0.25, 0.3) is 33.6 Å². The van der Waals surface area contributed by atoms with Gasteiger partial charge in [0, 0.05) is 105 Å². The van der Waals surface area contributed by atoms with Crippen molar-refractivity contribution in [3.05, 3.63) is 177 Å². The molecular weight excluding hydrogens is 897 g/mol. The Hall–Kier alpha value is -8.04. The van der Waals surface area contributed by atoms with E-state index in [4.69, 9.17) is 23.7 Å². The molecule has 0 saturated carbocycles. The number of anilines is 2. The molecule has 0 fully saturated rings.